The third-order valence-corrected chi connectivity index (χ3v) is 7.03. The van der Waals surface area contributed by atoms with Crippen molar-refractivity contribution in [3.8, 4) is 0 Å². The van der Waals surface area contributed by atoms with E-state index in [4.69, 9.17) is 4.74 Å². The van der Waals surface area contributed by atoms with Crippen LogP contribution < -0.4 is 0 Å². The highest BCUT2D eigenvalue weighted by Gasteiger charge is 2.35. The second-order valence-electron chi connectivity index (χ2n) is 7.31. The van der Waals surface area contributed by atoms with E-state index in [1.165, 1.54) is 4.31 Å². The number of rotatable bonds is 9. The van der Waals surface area contributed by atoms with Crippen molar-refractivity contribution in [3.05, 3.63) is 52.3 Å². The Balaban J connectivity index is 2.45. The van der Waals surface area contributed by atoms with Crippen molar-refractivity contribution in [2.45, 2.75) is 58.9 Å². The van der Waals surface area contributed by atoms with Crippen molar-refractivity contribution < 1.29 is 22.7 Å². The first-order valence-corrected chi connectivity index (χ1v) is 11.5. The topological polar surface area (TPSA) is 96.5 Å². The fraction of sp³-hybridized carbons (Fsp3) is 0.455. The van der Waals surface area contributed by atoms with E-state index in [9.17, 15) is 18.0 Å². The quantitative estimate of drug-likeness (QED) is 0.478. The number of benzene rings is 1. The highest BCUT2D eigenvalue weighted by atomic mass is 32.2. The summed E-state index contributed by atoms with van der Waals surface area (Å²) in [7, 11) is -3.87. The first kappa shape index (κ1) is 23.8. The molecule has 0 saturated heterocycles. The SMILES string of the molecule is CCCN([C@@H](C)C(=O)c1c(C)[nH]c(C(=O)OCC)c1C)S(=O)(=O)c1ccc(C)cc1. The maximum absolute atomic E-state index is 13.4. The molecule has 0 aliphatic rings. The van der Waals surface area contributed by atoms with E-state index < -0.39 is 22.0 Å². The molecule has 0 aliphatic heterocycles. The van der Waals surface area contributed by atoms with Gasteiger partial charge in [0, 0.05) is 17.8 Å². The summed E-state index contributed by atoms with van der Waals surface area (Å²) in [5.74, 6) is -0.900. The highest BCUT2D eigenvalue weighted by Crippen LogP contribution is 2.25. The Morgan fingerprint density at radius 2 is 1.70 bits per heavy atom. The van der Waals surface area contributed by atoms with Crippen LogP contribution in [-0.4, -0.2) is 48.7 Å². The Kier molecular flexibility index (Phi) is 7.60. The Labute approximate surface area is 178 Å². The molecule has 30 heavy (non-hydrogen) atoms. The van der Waals surface area contributed by atoms with Gasteiger partial charge in [-0.2, -0.15) is 4.31 Å². The van der Waals surface area contributed by atoms with Crippen LogP contribution in [0.25, 0.3) is 0 Å². The van der Waals surface area contributed by atoms with Gasteiger partial charge in [-0.25, -0.2) is 13.2 Å². The number of hydrogen-bond acceptors (Lipinski definition) is 5. The van der Waals surface area contributed by atoms with Gasteiger partial charge in [-0.15, -0.1) is 0 Å². The lowest BCUT2D eigenvalue weighted by atomic mass is 10.0. The average molecular weight is 435 g/mol. The summed E-state index contributed by atoms with van der Waals surface area (Å²) < 4.78 is 32.8. The van der Waals surface area contributed by atoms with Gasteiger partial charge in [0.05, 0.1) is 17.5 Å². The molecule has 164 valence electrons. The number of hydrogen-bond donors (Lipinski definition) is 1. The molecule has 1 aromatic heterocycles. The third-order valence-electron chi connectivity index (χ3n) is 5.05. The minimum Gasteiger partial charge on any atom is -0.461 e. The first-order valence-electron chi connectivity index (χ1n) is 10.0. The van der Waals surface area contributed by atoms with E-state index in [-0.39, 0.29) is 29.5 Å². The molecule has 0 radical (unpaired) electrons. The number of aromatic amines is 1. The number of aryl methyl sites for hydroxylation is 2. The summed E-state index contributed by atoms with van der Waals surface area (Å²) in [6.45, 7) is 10.8. The number of Topliss-reactive ketones (excluding diaryl/α,β-unsaturated/α-hetero) is 1. The van der Waals surface area contributed by atoms with Gasteiger partial charge in [0.1, 0.15) is 5.69 Å². The Bertz CT molecular complexity index is 1020. The fourth-order valence-corrected chi connectivity index (χ4v) is 5.14. The normalized spacial score (nSPS) is 12.8. The van der Waals surface area contributed by atoms with Crippen LogP contribution in [0.5, 0.6) is 0 Å². The lowest BCUT2D eigenvalue weighted by Crippen LogP contribution is -2.44. The first-order chi connectivity index (χ1) is 14.1. The number of carbonyl (C=O) groups is 2. The maximum Gasteiger partial charge on any atom is 0.355 e. The molecule has 1 aromatic carbocycles. The van der Waals surface area contributed by atoms with Crippen LogP contribution in [-0.2, 0) is 14.8 Å². The molecule has 0 aliphatic carbocycles. The van der Waals surface area contributed by atoms with Crippen LogP contribution in [0.2, 0.25) is 0 Å². The zero-order valence-electron chi connectivity index (χ0n) is 18.4. The van der Waals surface area contributed by atoms with Gasteiger partial charge in [-0.3, -0.25) is 4.79 Å². The van der Waals surface area contributed by atoms with Crippen molar-refractivity contribution in [2.24, 2.45) is 0 Å². The highest BCUT2D eigenvalue weighted by molar-refractivity contribution is 7.89. The number of H-pyrrole nitrogens is 1. The predicted molar refractivity (Wildman–Crippen MR) is 115 cm³/mol. The molecule has 8 heteroatoms. The van der Waals surface area contributed by atoms with Crippen LogP contribution in [0.1, 0.15) is 64.9 Å². The van der Waals surface area contributed by atoms with E-state index in [1.807, 2.05) is 13.8 Å². The van der Waals surface area contributed by atoms with E-state index in [1.54, 1.807) is 52.0 Å². The zero-order valence-corrected chi connectivity index (χ0v) is 19.2. The van der Waals surface area contributed by atoms with Gasteiger partial charge in [0.2, 0.25) is 10.0 Å². The van der Waals surface area contributed by atoms with Crippen molar-refractivity contribution in [1.29, 1.82) is 0 Å². The molecule has 0 unspecified atom stereocenters. The van der Waals surface area contributed by atoms with Gasteiger partial charge in [-0.1, -0.05) is 24.6 Å². The lowest BCUT2D eigenvalue weighted by Gasteiger charge is -2.27. The molecule has 2 rings (SSSR count). The van der Waals surface area contributed by atoms with Gasteiger partial charge in [0.15, 0.2) is 5.78 Å². The van der Waals surface area contributed by atoms with Gasteiger partial charge in [0.25, 0.3) is 0 Å². The summed E-state index contributed by atoms with van der Waals surface area (Å²) in [5.41, 5.74) is 2.47. The van der Waals surface area contributed by atoms with Crippen molar-refractivity contribution in [1.82, 2.24) is 9.29 Å². The van der Waals surface area contributed by atoms with Crippen molar-refractivity contribution in [3.63, 3.8) is 0 Å². The number of nitrogens with one attached hydrogen (secondary N) is 1. The second-order valence-corrected chi connectivity index (χ2v) is 9.21. The number of ether oxygens (including phenoxy) is 1. The molecule has 1 heterocycles. The standard InChI is InChI=1S/C22H30N2O5S/c1-7-13-24(30(27,28)18-11-9-14(3)10-12-18)17(6)21(25)19-15(4)20(23-16(19)5)22(26)29-8-2/h9-12,17,23H,7-8,13H2,1-6H3/t17-/m0/s1. The molecule has 2 aromatic rings. The molecule has 0 spiro atoms. The molecule has 0 bridgehead atoms. The molecule has 0 amide bonds. The predicted octanol–water partition coefficient (Wildman–Crippen LogP) is 3.79. The van der Waals surface area contributed by atoms with Crippen LogP contribution >= 0.6 is 0 Å². The monoisotopic (exact) mass is 434 g/mol. The van der Waals surface area contributed by atoms with Crippen LogP contribution in [0.4, 0.5) is 0 Å². The Morgan fingerprint density at radius 3 is 2.23 bits per heavy atom. The van der Waals surface area contributed by atoms with Crippen molar-refractivity contribution >= 4 is 21.8 Å². The number of ketones is 1. The number of aromatic nitrogens is 1. The van der Waals surface area contributed by atoms with E-state index >= 15 is 0 Å². The van der Waals surface area contributed by atoms with Crippen LogP contribution in [0, 0.1) is 20.8 Å². The zero-order chi connectivity index (χ0) is 22.6. The Morgan fingerprint density at radius 1 is 1.10 bits per heavy atom. The van der Waals surface area contributed by atoms with Crippen LogP contribution in [0.3, 0.4) is 0 Å². The molecular weight excluding hydrogens is 404 g/mol. The Hall–Kier alpha value is -2.45. The number of carbonyl (C=O) groups excluding carboxylic acids is 2. The smallest absolute Gasteiger partial charge is 0.355 e. The molecular formula is C22H30N2O5S. The summed E-state index contributed by atoms with van der Waals surface area (Å²) in [5, 5.41) is 0. The molecule has 0 fully saturated rings. The summed E-state index contributed by atoms with van der Waals surface area (Å²) in [4.78, 5) is 28.6. The van der Waals surface area contributed by atoms with Gasteiger partial charge >= 0.3 is 5.97 Å². The van der Waals surface area contributed by atoms with Gasteiger partial charge < -0.3 is 9.72 Å². The molecule has 7 nitrogen and oxygen atoms in total. The fourth-order valence-electron chi connectivity index (χ4n) is 3.45. The minimum absolute atomic E-state index is 0.149. The summed E-state index contributed by atoms with van der Waals surface area (Å²) in [6, 6.07) is 5.64. The number of esters is 1. The summed E-state index contributed by atoms with van der Waals surface area (Å²) in [6.07, 6.45) is 0.557. The molecule has 1 atom stereocenters. The molecule has 0 saturated carbocycles. The van der Waals surface area contributed by atoms with Crippen LogP contribution in [0.15, 0.2) is 29.2 Å². The number of nitrogens with zero attached hydrogens (tertiary/aromatic N) is 1. The van der Waals surface area contributed by atoms with Gasteiger partial charge in [-0.05, 0) is 58.7 Å². The van der Waals surface area contributed by atoms with E-state index in [0.717, 1.165) is 5.56 Å². The number of sulfonamides is 1. The van der Waals surface area contributed by atoms with Crippen molar-refractivity contribution in [2.75, 3.05) is 13.2 Å². The minimum atomic E-state index is -3.87. The van der Waals surface area contributed by atoms with E-state index in [2.05, 4.69) is 4.98 Å². The average Bonchev–Trinajstić information content (AvgIpc) is 2.99. The summed E-state index contributed by atoms with van der Waals surface area (Å²) >= 11 is 0. The van der Waals surface area contributed by atoms with E-state index in [0.29, 0.717) is 23.2 Å². The maximum atomic E-state index is 13.4. The second kappa shape index (κ2) is 9.57. The molecule has 1 N–H and O–H groups in total. The lowest BCUT2D eigenvalue weighted by molar-refractivity contribution is 0.0519. The largest absolute Gasteiger partial charge is 0.461 e. The third kappa shape index (κ3) is 4.65.